The first-order valence-electron chi connectivity index (χ1n) is 5.94. The van der Waals surface area contributed by atoms with Crippen LogP contribution in [0.3, 0.4) is 0 Å². The molecule has 1 aromatic carbocycles. The number of benzene rings is 1. The lowest BCUT2D eigenvalue weighted by molar-refractivity contribution is 0.0697. The number of carbonyl (C=O) groups is 1. The van der Waals surface area contributed by atoms with E-state index in [4.69, 9.17) is 5.11 Å². The predicted octanol–water partition coefficient (Wildman–Crippen LogP) is 4.56. The molecular formula is C14H24O2. The number of carboxylic acids is 1. The normalized spacial score (nSPS) is 8.44. The van der Waals surface area contributed by atoms with E-state index >= 15 is 0 Å². The largest absolute Gasteiger partial charge is 0.478 e. The molecule has 1 N–H and O–H groups in total. The van der Waals surface area contributed by atoms with Crippen LogP contribution in [0.1, 0.15) is 63.4 Å². The van der Waals surface area contributed by atoms with Gasteiger partial charge >= 0.3 is 5.97 Å². The molecule has 0 aromatic heterocycles. The lowest BCUT2D eigenvalue weighted by Crippen LogP contribution is -1.96. The van der Waals surface area contributed by atoms with Crippen molar-refractivity contribution in [2.45, 2.75) is 47.5 Å². The Kier molecular flexibility index (Phi) is 10.9. The van der Waals surface area contributed by atoms with Gasteiger partial charge in [0.1, 0.15) is 0 Å². The van der Waals surface area contributed by atoms with E-state index in [9.17, 15) is 4.79 Å². The van der Waals surface area contributed by atoms with Crippen molar-refractivity contribution in [1.82, 2.24) is 0 Å². The Labute approximate surface area is 99.3 Å². The minimum atomic E-state index is -0.870. The van der Waals surface area contributed by atoms with E-state index in [0.717, 1.165) is 0 Å². The van der Waals surface area contributed by atoms with Crippen LogP contribution in [0.5, 0.6) is 0 Å². The summed E-state index contributed by atoms with van der Waals surface area (Å²) in [6, 6.07) is 6.98. The lowest BCUT2D eigenvalue weighted by Gasteiger charge is -2.04. The molecule has 0 radical (unpaired) electrons. The summed E-state index contributed by atoms with van der Waals surface area (Å²) in [5.41, 5.74) is 1.51. The van der Waals surface area contributed by atoms with Gasteiger partial charge in [0, 0.05) is 0 Å². The Balaban J connectivity index is 0. The third kappa shape index (κ3) is 6.23. The average molecular weight is 224 g/mol. The van der Waals surface area contributed by atoms with Crippen molar-refractivity contribution < 1.29 is 9.90 Å². The van der Waals surface area contributed by atoms with Gasteiger partial charge in [0.15, 0.2) is 0 Å². The monoisotopic (exact) mass is 224 g/mol. The molecule has 2 nitrogen and oxygen atoms in total. The van der Waals surface area contributed by atoms with Crippen LogP contribution >= 0.6 is 0 Å². The summed E-state index contributed by atoms with van der Waals surface area (Å²) in [6.45, 7) is 12.2. The van der Waals surface area contributed by atoms with E-state index in [-0.39, 0.29) is 0 Å². The number of aromatic carboxylic acids is 1. The SMILES string of the molecule is CC.CC.CC(C)c1ccc(C(=O)O)cc1. The summed E-state index contributed by atoms with van der Waals surface area (Å²) < 4.78 is 0. The molecule has 0 saturated heterocycles. The van der Waals surface area contributed by atoms with Gasteiger partial charge in [-0.25, -0.2) is 4.79 Å². The van der Waals surface area contributed by atoms with Gasteiger partial charge < -0.3 is 5.11 Å². The van der Waals surface area contributed by atoms with E-state index in [1.54, 1.807) is 12.1 Å². The Hall–Kier alpha value is -1.31. The topological polar surface area (TPSA) is 37.3 Å². The number of hydrogen-bond donors (Lipinski definition) is 1. The molecule has 0 fully saturated rings. The summed E-state index contributed by atoms with van der Waals surface area (Å²) in [4.78, 5) is 10.5. The van der Waals surface area contributed by atoms with Crippen LogP contribution in [0.25, 0.3) is 0 Å². The molecule has 0 spiro atoms. The first-order chi connectivity index (χ1) is 7.61. The van der Waals surface area contributed by atoms with Gasteiger partial charge in [0.25, 0.3) is 0 Å². The van der Waals surface area contributed by atoms with Crippen LogP contribution in [0.2, 0.25) is 0 Å². The molecule has 92 valence electrons. The Morgan fingerprint density at radius 3 is 1.62 bits per heavy atom. The first-order valence-corrected chi connectivity index (χ1v) is 5.94. The van der Waals surface area contributed by atoms with E-state index in [1.165, 1.54) is 5.56 Å². The van der Waals surface area contributed by atoms with Gasteiger partial charge in [-0.3, -0.25) is 0 Å². The van der Waals surface area contributed by atoms with Crippen LogP contribution in [0, 0.1) is 0 Å². The molecule has 0 heterocycles. The summed E-state index contributed by atoms with van der Waals surface area (Å²) in [7, 11) is 0. The molecule has 0 saturated carbocycles. The third-order valence-electron chi connectivity index (χ3n) is 1.82. The highest BCUT2D eigenvalue weighted by Gasteiger charge is 2.02. The smallest absolute Gasteiger partial charge is 0.335 e. The zero-order valence-corrected chi connectivity index (χ0v) is 11.2. The maximum Gasteiger partial charge on any atom is 0.335 e. The van der Waals surface area contributed by atoms with E-state index in [2.05, 4.69) is 13.8 Å². The molecule has 0 unspecified atom stereocenters. The number of carboxylic acid groups (broad SMARTS) is 1. The quantitative estimate of drug-likeness (QED) is 0.799. The van der Waals surface area contributed by atoms with Gasteiger partial charge in [-0.2, -0.15) is 0 Å². The second-order valence-corrected chi connectivity index (χ2v) is 3.08. The molecule has 0 aliphatic rings. The van der Waals surface area contributed by atoms with Crippen LogP contribution in [0.15, 0.2) is 24.3 Å². The minimum absolute atomic E-state index is 0.347. The van der Waals surface area contributed by atoms with E-state index in [0.29, 0.717) is 11.5 Å². The highest BCUT2D eigenvalue weighted by atomic mass is 16.4. The van der Waals surface area contributed by atoms with Crippen molar-refractivity contribution in [3.63, 3.8) is 0 Å². The summed E-state index contributed by atoms with van der Waals surface area (Å²) >= 11 is 0. The second-order valence-electron chi connectivity index (χ2n) is 3.08. The lowest BCUT2D eigenvalue weighted by atomic mass is 10.0. The molecule has 0 amide bonds. The molecule has 1 aromatic rings. The Bertz CT molecular complexity index is 273. The van der Waals surface area contributed by atoms with Crippen LogP contribution in [-0.2, 0) is 0 Å². The fourth-order valence-electron chi connectivity index (χ4n) is 1.01. The average Bonchev–Trinajstić information content (AvgIpc) is 2.34. The maximum absolute atomic E-state index is 10.5. The number of rotatable bonds is 2. The third-order valence-corrected chi connectivity index (χ3v) is 1.82. The first kappa shape index (κ1) is 17.1. The maximum atomic E-state index is 10.5. The zero-order chi connectivity index (χ0) is 13.1. The molecular weight excluding hydrogens is 200 g/mol. The van der Waals surface area contributed by atoms with Crippen LogP contribution < -0.4 is 0 Å². The molecule has 1 rings (SSSR count). The van der Waals surface area contributed by atoms with Gasteiger partial charge in [-0.1, -0.05) is 53.7 Å². The fourth-order valence-corrected chi connectivity index (χ4v) is 1.01. The summed E-state index contributed by atoms with van der Waals surface area (Å²) in [6.07, 6.45) is 0. The molecule has 0 bridgehead atoms. The van der Waals surface area contributed by atoms with E-state index in [1.807, 2.05) is 39.8 Å². The molecule has 0 aliphatic heterocycles. The van der Waals surface area contributed by atoms with Crippen molar-refractivity contribution in [2.75, 3.05) is 0 Å². The van der Waals surface area contributed by atoms with Gasteiger partial charge in [-0.15, -0.1) is 0 Å². The van der Waals surface area contributed by atoms with Crippen LogP contribution in [-0.4, -0.2) is 11.1 Å². The highest BCUT2D eigenvalue weighted by molar-refractivity contribution is 5.87. The summed E-state index contributed by atoms with van der Waals surface area (Å²) in [5.74, 6) is -0.418. The fraction of sp³-hybridized carbons (Fsp3) is 0.500. The summed E-state index contributed by atoms with van der Waals surface area (Å²) in [5, 5.41) is 8.61. The van der Waals surface area contributed by atoms with Crippen molar-refractivity contribution in [3.05, 3.63) is 35.4 Å². The van der Waals surface area contributed by atoms with E-state index < -0.39 is 5.97 Å². The standard InChI is InChI=1S/C10H12O2.2C2H6/c1-7(2)8-3-5-9(6-4-8)10(11)12;2*1-2/h3-7H,1-2H3,(H,11,12);2*1-2H3. The zero-order valence-electron chi connectivity index (χ0n) is 11.2. The minimum Gasteiger partial charge on any atom is -0.478 e. The number of hydrogen-bond acceptors (Lipinski definition) is 1. The van der Waals surface area contributed by atoms with Crippen molar-refractivity contribution in [3.8, 4) is 0 Å². The second kappa shape index (κ2) is 10.2. The van der Waals surface area contributed by atoms with Crippen molar-refractivity contribution >= 4 is 5.97 Å². The van der Waals surface area contributed by atoms with Gasteiger partial charge in [-0.05, 0) is 23.6 Å². The highest BCUT2D eigenvalue weighted by Crippen LogP contribution is 2.14. The van der Waals surface area contributed by atoms with Gasteiger partial charge in [0.05, 0.1) is 5.56 Å². The van der Waals surface area contributed by atoms with Crippen molar-refractivity contribution in [1.29, 1.82) is 0 Å². The van der Waals surface area contributed by atoms with Gasteiger partial charge in [0.2, 0.25) is 0 Å². The molecule has 0 aliphatic carbocycles. The Morgan fingerprint density at radius 1 is 1.00 bits per heavy atom. The molecule has 2 heteroatoms. The van der Waals surface area contributed by atoms with Crippen molar-refractivity contribution in [2.24, 2.45) is 0 Å². The van der Waals surface area contributed by atoms with Crippen LogP contribution in [0.4, 0.5) is 0 Å². The molecule has 0 atom stereocenters. The molecule has 16 heavy (non-hydrogen) atoms. The Morgan fingerprint density at radius 2 is 1.38 bits per heavy atom. The predicted molar refractivity (Wildman–Crippen MR) is 70.2 cm³/mol.